The van der Waals surface area contributed by atoms with Crippen molar-refractivity contribution < 1.29 is 9.18 Å². The summed E-state index contributed by atoms with van der Waals surface area (Å²) < 4.78 is 14.7. The van der Waals surface area contributed by atoms with Crippen LogP contribution in [0.3, 0.4) is 0 Å². The Labute approximate surface area is 244 Å². The van der Waals surface area contributed by atoms with Crippen molar-refractivity contribution in [2.75, 3.05) is 26.2 Å². The van der Waals surface area contributed by atoms with Crippen molar-refractivity contribution in [3.63, 3.8) is 0 Å². The lowest BCUT2D eigenvalue weighted by atomic mass is 9.84. The molecule has 0 bridgehead atoms. The molecule has 3 aliphatic rings. The van der Waals surface area contributed by atoms with Crippen LogP contribution in [-0.4, -0.2) is 59.0 Å². The number of nitrogens with one attached hydrogen (secondary N) is 1. The molecule has 1 atom stereocenters. The van der Waals surface area contributed by atoms with Crippen molar-refractivity contribution in [1.82, 2.24) is 20.1 Å². The Morgan fingerprint density at radius 1 is 0.927 bits per heavy atom. The van der Waals surface area contributed by atoms with Gasteiger partial charge >= 0.3 is 0 Å². The molecule has 41 heavy (non-hydrogen) atoms. The predicted molar refractivity (Wildman–Crippen MR) is 164 cm³/mol. The first kappa shape index (κ1) is 28.3. The van der Waals surface area contributed by atoms with Gasteiger partial charge in [-0.05, 0) is 95.7 Å². The van der Waals surface area contributed by atoms with E-state index in [0.717, 1.165) is 55.6 Å². The lowest BCUT2D eigenvalue weighted by molar-refractivity contribution is 0.0878. The minimum Gasteiger partial charge on any atom is -0.349 e. The van der Waals surface area contributed by atoms with Crippen LogP contribution < -0.4 is 5.32 Å². The Bertz CT molecular complexity index is 1330. The quantitative estimate of drug-likeness (QED) is 0.335. The largest absolute Gasteiger partial charge is 0.349 e. The number of carbonyl (C=O) groups is 1. The molecule has 2 saturated heterocycles. The summed E-state index contributed by atoms with van der Waals surface area (Å²) in [5, 5.41) is 3.98. The van der Waals surface area contributed by atoms with Crippen molar-refractivity contribution in [2.45, 2.75) is 89.8 Å². The fourth-order valence-corrected chi connectivity index (χ4v) is 7.50. The number of rotatable bonds is 7. The van der Waals surface area contributed by atoms with Crippen LogP contribution in [0.15, 0.2) is 48.5 Å². The van der Waals surface area contributed by atoms with Crippen LogP contribution in [0.2, 0.25) is 0 Å². The number of hydrogen-bond acceptors (Lipinski definition) is 4. The van der Waals surface area contributed by atoms with Crippen LogP contribution in [0.1, 0.15) is 87.1 Å². The second kappa shape index (κ2) is 13.0. The lowest BCUT2D eigenvalue weighted by Gasteiger charge is -2.40. The molecule has 2 aliphatic heterocycles. The molecule has 6 heteroatoms. The molecule has 1 aliphatic carbocycles. The monoisotopic (exact) mass is 556 g/mol. The van der Waals surface area contributed by atoms with E-state index in [0.29, 0.717) is 35.0 Å². The van der Waals surface area contributed by atoms with Gasteiger partial charge in [-0.3, -0.25) is 9.69 Å². The van der Waals surface area contributed by atoms with E-state index >= 15 is 0 Å². The first-order valence-electron chi connectivity index (χ1n) is 16.0. The maximum atomic E-state index is 14.7. The van der Waals surface area contributed by atoms with E-state index in [4.69, 9.17) is 4.98 Å². The van der Waals surface area contributed by atoms with E-state index < -0.39 is 0 Å². The zero-order valence-corrected chi connectivity index (χ0v) is 24.6. The highest BCUT2D eigenvalue weighted by atomic mass is 19.1. The SMILES string of the molecule is CC(NC(=O)c1c(CN2CCC(N3CCCCC3)CC2)c(-c2ccccc2)nc2ccc(F)cc12)C1CCCCC1. The Hall–Kier alpha value is -2.83. The smallest absolute Gasteiger partial charge is 0.252 e. The third-order valence-electron chi connectivity index (χ3n) is 9.88. The summed E-state index contributed by atoms with van der Waals surface area (Å²) in [5.74, 6) is 0.0503. The number of benzene rings is 2. The molecule has 3 fully saturated rings. The van der Waals surface area contributed by atoms with Gasteiger partial charge in [-0.1, -0.05) is 56.0 Å². The Morgan fingerprint density at radius 3 is 2.37 bits per heavy atom. The Morgan fingerprint density at radius 2 is 1.63 bits per heavy atom. The van der Waals surface area contributed by atoms with Gasteiger partial charge in [0.15, 0.2) is 0 Å². The highest BCUT2D eigenvalue weighted by Crippen LogP contribution is 2.34. The molecule has 5 nitrogen and oxygen atoms in total. The molecule has 3 heterocycles. The summed E-state index contributed by atoms with van der Waals surface area (Å²) >= 11 is 0. The fraction of sp³-hybridized carbons (Fsp3) is 0.543. The number of likely N-dealkylation sites (tertiary alicyclic amines) is 2. The van der Waals surface area contributed by atoms with Crippen molar-refractivity contribution in [2.24, 2.45) is 5.92 Å². The number of nitrogens with zero attached hydrogens (tertiary/aromatic N) is 3. The fourth-order valence-electron chi connectivity index (χ4n) is 7.50. The van der Waals surface area contributed by atoms with Gasteiger partial charge in [0, 0.05) is 35.1 Å². The van der Waals surface area contributed by atoms with Gasteiger partial charge in [0.25, 0.3) is 5.91 Å². The van der Waals surface area contributed by atoms with Gasteiger partial charge in [-0.25, -0.2) is 9.37 Å². The van der Waals surface area contributed by atoms with E-state index in [9.17, 15) is 9.18 Å². The van der Waals surface area contributed by atoms with Crippen molar-refractivity contribution in [3.05, 3.63) is 65.5 Å². The summed E-state index contributed by atoms with van der Waals surface area (Å²) in [6.07, 6.45) is 12.3. The van der Waals surface area contributed by atoms with Crippen LogP contribution >= 0.6 is 0 Å². The number of pyridine rings is 1. The molecule has 0 spiro atoms. The highest BCUT2D eigenvalue weighted by molar-refractivity contribution is 6.09. The Kier molecular flexibility index (Phi) is 8.97. The van der Waals surface area contributed by atoms with Gasteiger partial charge in [0.1, 0.15) is 5.82 Å². The minimum absolute atomic E-state index is 0.0767. The average Bonchev–Trinajstić information content (AvgIpc) is 3.02. The van der Waals surface area contributed by atoms with Crippen molar-refractivity contribution in [1.29, 1.82) is 0 Å². The number of halogens is 1. The zero-order chi connectivity index (χ0) is 28.2. The molecule has 1 amide bonds. The molecule has 1 N–H and O–H groups in total. The number of amides is 1. The van der Waals surface area contributed by atoms with Crippen LogP contribution in [-0.2, 0) is 6.54 Å². The molecular weight excluding hydrogens is 511 g/mol. The van der Waals surface area contributed by atoms with Crippen molar-refractivity contribution in [3.8, 4) is 11.3 Å². The van der Waals surface area contributed by atoms with E-state index in [-0.39, 0.29) is 17.8 Å². The maximum Gasteiger partial charge on any atom is 0.252 e. The van der Waals surface area contributed by atoms with Crippen LogP contribution in [0.4, 0.5) is 4.39 Å². The molecular formula is C35H45FN4O. The number of piperidine rings is 2. The summed E-state index contributed by atoms with van der Waals surface area (Å²) in [6, 6.07) is 15.6. The van der Waals surface area contributed by atoms with Gasteiger partial charge in [-0.15, -0.1) is 0 Å². The molecule has 3 aromatic rings. The molecule has 0 radical (unpaired) electrons. The average molecular weight is 557 g/mol. The van der Waals surface area contributed by atoms with Crippen LogP contribution in [0.25, 0.3) is 22.2 Å². The molecule has 1 unspecified atom stereocenters. The molecule has 1 saturated carbocycles. The van der Waals surface area contributed by atoms with Gasteiger partial charge in [-0.2, -0.15) is 0 Å². The first-order valence-corrected chi connectivity index (χ1v) is 16.0. The molecule has 6 rings (SSSR count). The number of carbonyl (C=O) groups excluding carboxylic acids is 1. The van der Waals surface area contributed by atoms with Gasteiger partial charge < -0.3 is 10.2 Å². The highest BCUT2D eigenvalue weighted by Gasteiger charge is 2.30. The minimum atomic E-state index is -0.338. The summed E-state index contributed by atoms with van der Waals surface area (Å²) in [7, 11) is 0. The molecule has 218 valence electrons. The Balaban J connectivity index is 1.35. The second-order valence-corrected chi connectivity index (χ2v) is 12.6. The summed E-state index contributed by atoms with van der Waals surface area (Å²) in [4.78, 5) is 24.5. The first-order chi connectivity index (χ1) is 20.1. The standard InChI is InChI=1S/C35H45FN4O/c1-25(26-11-5-2-6-12-26)37-35(41)33-30-23-28(36)15-16-32(30)38-34(27-13-7-3-8-14-27)31(33)24-39-21-17-29(18-22-39)40-19-9-4-10-20-40/h3,7-8,13-16,23,25-26,29H,2,4-6,9-12,17-22,24H2,1H3,(H,37,41). The van der Waals surface area contributed by atoms with E-state index in [1.54, 1.807) is 6.07 Å². The maximum absolute atomic E-state index is 14.7. The van der Waals surface area contributed by atoms with Crippen LogP contribution in [0.5, 0.6) is 0 Å². The third-order valence-corrected chi connectivity index (χ3v) is 9.88. The van der Waals surface area contributed by atoms with Gasteiger partial charge in [0.2, 0.25) is 0 Å². The third kappa shape index (κ3) is 6.49. The summed E-state index contributed by atoms with van der Waals surface area (Å²) in [6.45, 7) is 7.23. The second-order valence-electron chi connectivity index (χ2n) is 12.6. The van der Waals surface area contributed by atoms with E-state index in [1.165, 1.54) is 63.7 Å². The van der Waals surface area contributed by atoms with Crippen LogP contribution in [0, 0.1) is 11.7 Å². The number of fused-ring (bicyclic) bond motifs is 1. The van der Waals surface area contributed by atoms with E-state index in [2.05, 4.69) is 34.2 Å². The molecule has 2 aromatic carbocycles. The molecule has 1 aromatic heterocycles. The number of hydrogen-bond donors (Lipinski definition) is 1. The van der Waals surface area contributed by atoms with E-state index in [1.807, 2.05) is 18.2 Å². The van der Waals surface area contributed by atoms with Gasteiger partial charge in [0.05, 0.1) is 16.8 Å². The normalized spacial score (nSPS) is 20.7. The zero-order valence-electron chi connectivity index (χ0n) is 24.6. The summed E-state index contributed by atoms with van der Waals surface area (Å²) in [5.41, 5.74) is 3.99. The van der Waals surface area contributed by atoms with Crippen molar-refractivity contribution >= 4 is 16.8 Å². The number of aromatic nitrogens is 1. The predicted octanol–water partition coefficient (Wildman–Crippen LogP) is 7.19. The topological polar surface area (TPSA) is 48.5 Å². The lowest BCUT2D eigenvalue weighted by Crippen LogP contribution is -2.46.